The van der Waals surface area contributed by atoms with Crippen molar-refractivity contribution in [2.24, 2.45) is 7.05 Å². The van der Waals surface area contributed by atoms with Crippen LogP contribution in [-0.2, 0) is 13.6 Å². The molecule has 0 saturated heterocycles. The summed E-state index contributed by atoms with van der Waals surface area (Å²) in [6, 6.07) is 6.06. The molecule has 36 heavy (non-hydrogen) atoms. The number of thiophene rings is 1. The van der Waals surface area contributed by atoms with Gasteiger partial charge in [-0.2, -0.15) is 9.61 Å². The first-order valence-corrected chi connectivity index (χ1v) is 12.2. The summed E-state index contributed by atoms with van der Waals surface area (Å²) in [6.07, 6.45) is 9.26. The molecule has 12 heteroatoms. The molecule has 0 aromatic carbocycles. The number of H-pyrrole nitrogens is 2. The Labute approximate surface area is 208 Å². The second-order valence-corrected chi connectivity index (χ2v) is 9.78. The van der Waals surface area contributed by atoms with Crippen molar-refractivity contribution in [3.05, 3.63) is 74.2 Å². The first-order chi connectivity index (χ1) is 17.4. The molecule has 0 spiro atoms. The van der Waals surface area contributed by atoms with Gasteiger partial charge >= 0.3 is 5.69 Å². The van der Waals surface area contributed by atoms with E-state index in [1.807, 2.05) is 29.9 Å². The number of nitrogens with one attached hydrogen (secondary N) is 4. The van der Waals surface area contributed by atoms with E-state index in [1.54, 1.807) is 29.1 Å². The van der Waals surface area contributed by atoms with Crippen LogP contribution in [0.25, 0.3) is 28.9 Å². The number of fused-ring (bicyclic) bond motifs is 1. The van der Waals surface area contributed by atoms with Gasteiger partial charge in [0.2, 0.25) is 0 Å². The highest BCUT2D eigenvalue weighted by molar-refractivity contribution is 7.17. The average Bonchev–Trinajstić information content (AvgIpc) is 3.21. The monoisotopic (exact) mass is 501 g/mol. The van der Waals surface area contributed by atoms with Crippen molar-refractivity contribution in [3.63, 3.8) is 0 Å². The SMILES string of the molecule is C=c1[nH]c(=O)[nH]/c1=C\c1cnn2c(NC3CC3)cc(-c3ccc(C(=O)NCc4nccn4C)s3)nc12. The Morgan fingerprint density at radius 3 is 2.92 bits per heavy atom. The van der Waals surface area contributed by atoms with Crippen LogP contribution in [0.2, 0.25) is 0 Å². The van der Waals surface area contributed by atoms with Gasteiger partial charge in [-0.1, -0.05) is 6.58 Å². The number of hydrogen-bond donors (Lipinski definition) is 4. The Balaban J connectivity index is 1.36. The van der Waals surface area contributed by atoms with Gasteiger partial charge in [0.05, 0.1) is 38.9 Å². The van der Waals surface area contributed by atoms with Gasteiger partial charge in [-0.05, 0) is 31.1 Å². The molecule has 4 N–H and O–H groups in total. The van der Waals surface area contributed by atoms with E-state index in [0.29, 0.717) is 33.8 Å². The number of aromatic amines is 2. The smallest absolute Gasteiger partial charge is 0.323 e. The Bertz CT molecular complexity index is 1770. The van der Waals surface area contributed by atoms with E-state index >= 15 is 0 Å². The van der Waals surface area contributed by atoms with Crippen LogP contribution in [0, 0.1) is 0 Å². The van der Waals surface area contributed by atoms with Crippen LogP contribution in [0.5, 0.6) is 0 Å². The second-order valence-electron chi connectivity index (χ2n) is 8.70. The zero-order chi connectivity index (χ0) is 24.8. The molecule has 1 aliphatic carbocycles. The molecule has 1 aliphatic rings. The molecule has 5 aromatic heterocycles. The van der Waals surface area contributed by atoms with Gasteiger partial charge in [0.15, 0.2) is 5.65 Å². The Hall–Kier alpha value is -4.45. The second kappa shape index (κ2) is 8.64. The fourth-order valence-corrected chi connectivity index (χ4v) is 4.75. The highest BCUT2D eigenvalue weighted by atomic mass is 32.1. The van der Waals surface area contributed by atoms with Crippen molar-refractivity contribution in [1.82, 2.24) is 39.4 Å². The van der Waals surface area contributed by atoms with E-state index in [2.05, 4.69) is 37.3 Å². The Kier molecular flexibility index (Phi) is 5.29. The highest BCUT2D eigenvalue weighted by Gasteiger charge is 2.23. The van der Waals surface area contributed by atoms with E-state index in [9.17, 15) is 9.59 Å². The van der Waals surface area contributed by atoms with Crippen molar-refractivity contribution in [2.45, 2.75) is 25.4 Å². The quantitative estimate of drug-likeness (QED) is 0.262. The number of aromatic nitrogens is 7. The molecular weight excluding hydrogens is 478 g/mol. The molecule has 6 rings (SSSR count). The molecule has 0 aliphatic heterocycles. The molecular formula is C24H23N9O2S. The van der Waals surface area contributed by atoms with Crippen LogP contribution in [0.4, 0.5) is 5.82 Å². The van der Waals surface area contributed by atoms with Crippen LogP contribution < -0.4 is 27.0 Å². The molecule has 1 amide bonds. The third-order valence-corrected chi connectivity index (χ3v) is 7.08. The summed E-state index contributed by atoms with van der Waals surface area (Å²) >= 11 is 1.37. The minimum absolute atomic E-state index is 0.163. The van der Waals surface area contributed by atoms with Crippen LogP contribution in [0.3, 0.4) is 0 Å². The number of anilines is 1. The molecule has 0 bridgehead atoms. The van der Waals surface area contributed by atoms with E-state index in [1.165, 1.54) is 11.3 Å². The lowest BCUT2D eigenvalue weighted by Crippen LogP contribution is -2.23. The number of imidazole rings is 2. The van der Waals surface area contributed by atoms with Gasteiger partial charge in [0, 0.05) is 37.1 Å². The molecule has 5 aromatic rings. The standard InChI is InChI=1S/C24H23N9O2S/c1-13-16(31-24(35)28-13)9-14-11-27-33-20(29-15-3-4-15)10-17(30-22(14)33)18-5-6-19(36-18)23(34)26-12-21-25-7-8-32(21)2/h5-11,15,29H,1,3-4,12H2,2H3,(H,26,34)(H2,28,31,35)/b16-9-. The van der Waals surface area contributed by atoms with E-state index < -0.39 is 0 Å². The lowest BCUT2D eigenvalue weighted by atomic mass is 10.2. The number of carbonyl (C=O) groups is 1. The lowest BCUT2D eigenvalue weighted by molar-refractivity contribution is 0.0953. The van der Waals surface area contributed by atoms with Crippen molar-refractivity contribution >= 4 is 41.4 Å². The van der Waals surface area contributed by atoms with Gasteiger partial charge < -0.3 is 25.2 Å². The molecule has 0 atom stereocenters. The van der Waals surface area contributed by atoms with Crippen LogP contribution in [-0.4, -0.2) is 46.1 Å². The first kappa shape index (κ1) is 22.0. The van der Waals surface area contributed by atoms with Gasteiger partial charge in [-0.15, -0.1) is 11.3 Å². The highest BCUT2D eigenvalue weighted by Crippen LogP contribution is 2.32. The average molecular weight is 502 g/mol. The van der Waals surface area contributed by atoms with Crippen LogP contribution in [0.1, 0.15) is 33.9 Å². The molecule has 0 unspecified atom stereocenters. The number of carbonyl (C=O) groups excluding carboxylic acids is 1. The number of rotatable bonds is 7. The maximum absolute atomic E-state index is 12.8. The topological polar surface area (TPSA) is 138 Å². The fourth-order valence-electron chi connectivity index (χ4n) is 3.87. The Morgan fingerprint density at radius 2 is 2.19 bits per heavy atom. The van der Waals surface area contributed by atoms with Crippen molar-refractivity contribution in [2.75, 3.05) is 5.32 Å². The van der Waals surface area contributed by atoms with Gasteiger partial charge in [0.1, 0.15) is 11.6 Å². The zero-order valence-electron chi connectivity index (χ0n) is 19.4. The number of hydrogen-bond acceptors (Lipinski definition) is 7. The number of nitrogens with zero attached hydrogens (tertiary/aromatic N) is 5. The molecule has 5 heterocycles. The number of amides is 1. The predicted octanol–water partition coefficient (Wildman–Crippen LogP) is 0.951. The Morgan fingerprint density at radius 1 is 1.33 bits per heavy atom. The minimum Gasteiger partial charge on any atom is -0.367 e. The number of aryl methyl sites for hydroxylation is 1. The molecule has 1 saturated carbocycles. The summed E-state index contributed by atoms with van der Waals surface area (Å²) in [4.78, 5) is 40.3. The minimum atomic E-state index is -0.320. The van der Waals surface area contributed by atoms with Gasteiger partial charge in [-0.3, -0.25) is 4.79 Å². The normalized spacial score (nSPS) is 14.0. The van der Waals surface area contributed by atoms with E-state index in [0.717, 1.165) is 40.6 Å². The summed E-state index contributed by atoms with van der Waals surface area (Å²) in [6.45, 7) is 4.22. The van der Waals surface area contributed by atoms with Crippen molar-refractivity contribution in [3.8, 4) is 10.6 Å². The van der Waals surface area contributed by atoms with Crippen LogP contribution >= 0.6 is 11.3 Å². The summed E-state index contributed by atoms with van der Waals surface area (Å²) in [5, 5.41) is 12.0. The van der Waals surface area contributed by atoms with E-state index in [4.69, 9.17) is 4.98 Å². The molecule has 11 nitrogen and oxygen atoms in total. The maximum atomic E-state index is 12.8. The van der Waals surface area contributed by atoms with Crippen LogP contribution in [0.15, 0.2) is 41.6 Å². The summed E-state index contributed by atoms with van der Waals surface area (Å²) in [5.74, 6) is 1.44. The lowest BCUT2D eigenvalue weighted by Gasteiger charge is -2.09. The zero-order valence-corrected chi connectivity index (χ0v) is 20.2. The summed E-state index contributed by atoms with van der Waals surface area (Å²) < 4.78 is 3.63. The largest absolute Gasteiger partial charge is 0.367 e. The molecule has 182 valence electrons. The fraction of sp³-hybridized carbons (Fsp3) is 0.208. The van der Waals surface area contributed by atoms with Gasteiger partial charge in [0.25, 0.3) is 5.91 Å². The third kappa shape index (κ3) is 4.22. The van der Waals surface area contributed by atoms with Gasteiger partial charge in [-0.25, -0.2) is 14.8 Å². The van der Waals surface area contributed by atoms with E-state index in [-0.39, 0.29) is 11.6 Å². The van der Waals surface area contributed by atoms with Crippen molar-refractivity contribution < 1.29 is 4.79 Å². The third-order valence-electron chi connectivity index (χ3n) is 5.98. The molecule has 1 fully saturated rings. The summed E-state index contributed by atoms with van der Waals surface area (Å²) in [7, 11) is 1.89. The first-order valence-electron chi connectivity index (χ1n) is 11.4. The maximum Gasteiger partial charge on any atom is 0.323 e. The predicted molar refractivity (Wildman–Crippen MR) is 137 cm³/mol. The van der Waals surface area contributed by atoms with Crippen molar-refractivity contribution in [1.29, 1.82) is 0 Å². The summed E-state index contributed by atoms with van der Waals surface area (Å²) in [5.41, 5.74) is 1.78. The molecule has 0 radical (unpaired) electrons.